The topological polar surface area (TPSA) is 44.7 Å². The Morgan fingerprint density at radius 2 is 1.93 bits per heavy atom. The number of nitrogens with zero attached hydrogens (tertiary/aromatic N) is 2. The minimum atomic E-state index is -0.330. The fourth-order valence-corrected chi connectivity index (χ4v) is 4.60. The van der Waals surface area contributed by atoms with E-state index in [2.05, 4.69) is 49.1 Å². The maximum absolute atomic E-state index is 13.1. The SMILES string of the molecule is CC1=CC(C)(C)N(C)c2cc(Cl)c(/C=C3\SC(=Nc4ccc(F)cc4)NC3=O)cc21. The van der Waals surface area contributed by atoms with Crippen molar-refractivity contribution >= 4 is 57.5 Å². The summed E-state index contributed by atoms with van der Waals surface area (Å²) in [4.78, 5) is 19.5. The first-order chi connectivity index (χ1) is 14.1. The Labute approximate surface area is 184 Å². The number of benzene rings is 2. The third-order valence-electron chi connectivity index (χ3n) is 5.33. The lowest BCUT2D eigenvalue weighted by Crippen LogP contribution is -2.42. The predicted molar refractivity (Wildman–Crippen MR) is 125 cm³/mol. The molecule has 2 aliphatic rings. The molecule has 1 saturated heterocycles. The molecule has 0 atom stereocenters. The molecule has 0 saturated carbocycles. The van der Waals surface area contributed by atoms with Gasteiger partial charge in [-0.2, -0.15) is 0 Å². The standard InChI is InChI=1S/C23H21ClFN3OS/c1-13-12-23(2,3)28(4)19-11-18(24)14(9-17(13)19)10-20-21(29)27-22(30-20)26-16-7-5-15(25)6-8-16/h5-12H,1-4H3,(H,26,27,29)/b20-10-. The lowest BCUT2D eigenvalue weighted by atomic mass is 9.88. The number of anilines is 1. The summed E-state index contributed by atoms with van der Waals surface area (Å²) in [5.41, 5.74) is 4.57. The second-order valence-electron chi connectivity index (χ2n) is 7.89. The number of fused-ring (bicyclic) bond motifs is 1. The summed E-state index contributed by atoms with van der Waals surface area (Å²) in [6, 6.07) is 9.75. The predicted octanol–water partition coefficient (Wildman–Crippen LogP) is 6.00. The molecule has 1 N–H and O–H groups in total. The molecule has 1 amide bonds. The van der Waals surface area contributed by atoms with Crippen LogP contribution in [-0.4, -0.2) is 23.7 Å². The average molecular weight is 442 g/mol. The van der Waals surface area contributed by atoms with Crippen LogP contribution in [0.3, 0.4) is 0 Å². The van der Waals surface area contributed by atoms with Gasteiger partial charge in [0.1, 0.15) is 5.82 Å². The molecule has 154 valence electrons. The van der Waals surface area contributed by atoms with Crippen molar-refractivity contribution in [3.05, 3.63) is 69.3 Å². The zero-order chi connectivity index (χ0) is 21.6. The van der Waals surface area contributed by atoms with Crippen LogP contribution in [0.4, 0.5) is 15.8 Å². The summed E-state index contributed by atoms with van der Waals surface area (Å²) in [5, 5.41) is 3.77. The first-order valence-electron chi connectivity index (χ1n) is 9.46. The highest BCUT2D eigenvalue weighted by molar-refractivity contribution is 8.18. The fourth-order valence-electron chi connectivity index (χ4n) is 3.55. The van der Waals surface area contributed by atoms with Gasteiger partial charge < -0.3 is 10.2 Å². The number of nitrogens with one attached hydrogen (secondary N) is 1. The van der Waals surface area contributed by atoms with Gasteiger partial charge in [0.25, 0.3) is 5.91 Å². The van der Waals surface area contributed by atoms with Crippen molar-refractivity contribution < 1.29 is 9.18 Å². The van der Waals surface area contributed by atoms with E-state index in [4.69, 9.17) is 11.6 Å². The van der Waals surface area contributed by atoms with Crippen molar-refractivity contribution in [3.8, 4) is 0 Å². The third-order valence-corrected chi connectivity index (χ3v) is 6.57. The first-order valence-corrected chi connectivity index (χ1v) is 10.7. The summed E-state index contributed by atoms with van der Waals surface area (Å²) in [6.07, 6.45) is 4.01. The Hall–Kier alpha value is -2.57. The van der Waals surface area contributed by atoms with E-state index < -0.39 is 0 Å². The van der Waals surface area contributed by atoms with Crippen LogP contribution in [0, 0.1) is 5.82 Å². The van der Waals surface area contributed by atoms with Gasteiger partial charge in [0, 0.05) is 23.3 Å². The van der Waals surface area contributed by atoms with Crippen LogP contribution < -0.4 is 10.2 Å². The molecule has 2 heterocycles. The Balaban J connectivity index is 1.66. The largest absolute Gasteiger partial charge is 0.365 e. The molecule has 4 rings (SSSR count). The lowest BCUT2D eigenvalue weighted by molar-refractivity contribution is -0.115. The van der Waals surface area contributed by atoms with Crippen molar-refractivity contribution in [1.29, 1.82) is 0 Å². The van der Waals surface area contributed by atoms with Crippen molar-refractivity contribution in [2.75, 3.05) is 11.9 Å². The zero-order valence-electron chi connectivity index (χ0n) is 17.1. The molecule has 0 unspecified atom stereocenters. The molecule has 0 aliphatic carbocycles. The van der Waals surface area contributed by atoms with E-state index >= 15 is 0 Å². The van der Waals surface area contributed by atoms with Gasteiger partial charge in [-0.1, -0.05) is 17.7 Å². The van der Waals surface area contributed by atoms with E-state index in [1.807, 2.05) is 12.1 Å². The van der Waals surface area contributed by atoms with Crippen molar-refractivity contribution in [3.63, 3.8) is 0 Å². The third kappa shape index (κ3) is 3.89. The van der Waals surface area contributed by atoms with Gasteiger partial charge in [0.15, 0.2) is 5.17 Å². The van der Waals surface area contributed by atoms with Crippen LogP contribution in [0.5, 0.6) is 0 Å². The fraction of sp³-hybridized carbons (Fsp3) is 0.217. The van der Waals surface area contributed by atoms with E-state index in [0.29, 0.717) is 20.8 Å². The normalized spacial score (nSPS) is 20.4. The highest BCUT2D eigenvalue weighted by Gasteiger charge is 2.30. The quantitative estimate of drug-likeness (QED) is 0.581. The molecule has 0 bridgehead atoms. The molecule has 2 aromatic carbocycles. The highest BCUT2D eigenvalue weighted by atomic mass is 35.5. The number of amides is 1. The minimum absolute atomic E-state index is 0.104. The van der Waals surface area contributed by atoms with Crippen LogP contribution in [0.25, 0.3) is 11.6 Å². The molecular formula is C23H21ClFN3OS. The number of amidine groups is 1. The van der Waals surface area contributed by atoms with Crippen molar-refractivity contribution in [2.45, 2.75) is 26.3 Å². The molecule has 1 fully saturated rings. The number of thioether (sulfide) groups is 1. The number of hydrogen-bond donors (Lipinski definition) is 1. The van der Waals surface area contributed by atoms with E-state index in [0.717, 1.165) is 16.8 Å². The Kier molecular flexibility index (Phi) is 5.24. The summed E-state index contributed by atoms with van der Waals surface area (Å²) >= 11 is 7.81. The second-order valence-corrected chi connectivity index (χ2v) is 9.33. The van der Waals surface area contributed by atoms with Crippen LogP contribution in [-0.2, 0) is 4.79 Å². The Morgan fingerprint density at radius 3 is 2.63 bits per heavy atom. The van der Waals surface area contributed by atoms with Gasteiger partial charge >= 0.3 is 0 Å². The van der Waals surface area contributed by atoms with Crippen molar-refractivity contribution in [1.82, 2.24) is 5.32 Å². The average Bonchev–Trinajstić information content (AvgIpc) is 3.01. The van der Waals surface area contributed by atoms with Gasteiger partial charge in [-0.3, -0.25) is 4.79 Å². The van der Waals surface area contributed by atoms with Gasteiger partial charge in [0.05, 0.1) is 16.1 Å². The molecule has 4 nitrogen and oxygen atoms in total. The summed E-state index contributed by atoms with van der Waals surface area (Å²) in [7, 11) is 2.05. The number of hydrogen-bond acceptors (Lipinski definition) is 4. The molecule has 30 heavy (non-hydrogen) atoms. The van der Waals surface area contributed by atoms with Crippen LogP contribution in [0.2, 0.25) is 5.02 Å². The van der Waals surface area contributed by atoms with Crippen molar-refractivity contribution in [2.24, 2.45) is 4.99 Å². The van der Waals surface area contributed by atoms with Crippen LogP contribution in [0.1, 0.15) is 31.9 Å². The van der Waals surface area contributed by atoms with Gasteiger partial charge in [-0.15, -0.1) is 0 Å². The summed E-state index contributed by atoms with van der Waals surface area (Å²) in [5.74, 6) is -0.566. The van der Waals surface area contributed by atoms with Crippen LogP contribution >= 0.6 is 23.4 Å². The van der Waals surface area contributed by atoms with E-state index in [9.17, 15) is 9.18 Å². The van der Waals surface area contributed by atoms with Crippen LogP contribution in [0.15, 0.2) is 52.4 Å². The minimum Gasteiger partial charge on any atom is -0.365 e. The summed E-state index contributed by atoms with van der Waals surface area (Å²) < 4.78 is 13.1. The lowest BCUT2D eigenvalue weighted by Gasteiger charge is -2.40. The molecule has 7 heteroatoms. The number of halogens is 2. The smallest absolute Gasteiger partial charge is 0.264 e. The highest BCUT2D eigenvalue weighted by Crippen LogP contribution is 2.41. The van der Waals surface area contributed by atoms with Gasteiger partial charge in [-0.05, 0) is 86.1 Å². The monoisotopic (exact) mass is 441 g/mol. The van der Waals surface area contributed by atoms with E-state index in [1.165, 1.54) is 29.5 Å². The van der Waals surface area contributed by atoms with Gasteiger partial charge in [0.2, 0.25) is 0 Å². The number of aliphatic imine (C=N–C) groups is 1. The molecule has 2 aliphatic heterocycles. The number of carbonyl (C=O) groups excluding carboxylic acids is 1. The molecule has 0 radical (unpaired) electrons. The zero-order valence-corrected chi connectivity index (χ0v) is 18.7. The Morgan fingerprint density at radius 1 is 1.23 bits per heavy atom. The molecule has 2 aromatic rings. The maximum atomic E-state index is 13.1. The number of allylic oxidation sites excluding steroid dienone is 1. The number of rotatable bonds is 2. The summed E-state index contributed by atoms with van der Waals surface area (Å²) in [6.45, 7) is 6.40. The van der Waals surface area contributed by atoms with E-state index in [1.54, 1.807) is 18.2 Å². The van der Waals surface area contributed by atoms with Gasteiger partial charge in [-0.25, -0.2) is 9.38 Å². The first kappa shape index (κ1) is 20.7. The molecule has 0 spiro atoms. The number of likely N-dealkylation sites (N-methyl/N-ethyl adjacent to an activating group) is 1. The number of carbonyl (C=O) groups is 1. The Bertz CT molecular complexity index is 1140. The second kappa shape index (κ2) is 7.60. The maximum Gasteiger partial charge on any atom is 0.264 e. The molecular weight excluding hydrogens is 421 g/mol. The van der Waals surface area contributed by atoms with E-state index in [-0.39, 0.29) is 17.3 Å². The molecule has 0 aromatic heterocycles.